The zero-order valence-electron chi connectivity index (χ0n) is 17.1. The van der Waals surface area contributed by atoms with E-state index in [2.05, 4.69) is 18.2 Å². The Balaban J connectivity index is 1.35. The molecule has 148 valence electrons. The second-order valence-corrected chi connectivity index (χ2v) is 12.2. The number of nitrogens with zero attached hydrogens (tertiary/aromatic N) is 3. The molecule has 0 aliphatic heterocycles. The molecule has 0 radical (unpaired) electrons. The first-order valence-corrected chi connectivity index (χ1v) is 12.0. The van der Waals surface area contributed by atoms with Crippen LogP contribution < -0.4 is 0 Å². The summed E-state index contributed by atoms with van der Waals surface area (Å²) in [5, 5.41) is 29.2. The maximum atomic E-state index is 10.0. The van der Waals surface area contributed by atoms with Crippen LogP contribution >= 0.6 is 0 Å². The summed E-state index contributed by atoms with van der Waals surface area (Å²) >= 11 is 0. The van der Waals surface area contributed by atoms with Crippen molar-refractivity contribution < 1.29 is 0 Å². The molecule has 30 heavy (non-hydrogen) atoms. The Hall–Kier alpha value is -2.31. The number of hydrogen-bond donors (Lipinski definition) is 0. The van der Waals surface area contributed by atoms with Gasteiger partial charge in [0, 0.05) is 0 Å². The molecule has 0 amide bonds. The molecule has 10 aliphatic carbocycles. The molecular weight excluding hydrogens is 366 g/mol. The summed E-state index contributed by atoms with van der Waals surface area (Å²) in [7, 11) is 0. The quantitative estimate of drug-likeness (QED) is 0.684. The Morgan fingerprint density at radius 3 is 1.90 bits per heavy atom. The van der Waals surface area contributed by atoms with E-state index in [-0.39, 0.29) is 5.41 Å². The Morgan fingerprint density at radius 2 is 1.27 bits per heavy atom. The molecule has 0 saturated heterocycles. The molecule has 10 aliphatic rings. The molecule has 5 unspecified atom stereocenters. The van der Waals surface area contributed by atoms with Gasteiger partial charge in [0.1, 0.15) is 12.1 Å². The minimum absolute atomic E-state index is 0.0714. The highest BCUT2D eigenvalue weighted by atomic mass is 14.8. The molecule has 1 aromatic carbocycles. The Morgan fingerprint density at radius 1 is 0.667 bits per heavy atom. The van der Waals surface area contributed by atoms with Gasteiger partial charge in [-0.1, -0.05) is 0 Å². The Bertz CT molecular complexity index is 1130. The molecule has 11 rings (SSSR count). The molecule has 11 atom stereocenters. The van der Waals surface area contributed by atoms with Crippen LogP contribution in [0.25, 0.3) is 0 Å². The highest BCUT2D eigenvalue weighted by molar-refractivity contribution is 5.57. The number of benzene rings is 1. The van der Waals surface area contributed by atoms with Crippen molar-refractivity contribution in [1.29, 1.82) is 15.8 Å². The largest absolute Gasteiger partial charge is 0.192 e. The minimum atomic E-state index is 0.0714. The van der Waals surface area contributed by atoms with Gasteiger partial charge in [-0.2, -0.15) is 15.8 Å². The van der Waals surface area contributed by atoms with Gasteiger partial charge < -0.3 is 0 Å². The third kappa shape index (κ3) is 1.49. The van der Waals surface area contributed by atoms with E-state index in [1.165, 1.54) is 44.9 Å². The topological polar surface area (TPSA) is 71.4 Å². The average Bonchev–Trinajstić information content (AvgIpc) is 2.76. The molecule has 11 bridgehead atoms. The van der Waals surface area contributed by atoms with Crippen LogP contribution in [0.1, 0.15) is 67.2 Å². The molecule has 10 saturated carbocycles. The predicted octanol–water partition coefficient (Wildman–Crippen LogP) is 4.90. The molecule has 0 N–H and O–H groups in total. The molecule has 3 heteroatoms. The lowest BCUT2D eigenvalue weighted by Crippen LogP contribution is -2.79. The van der Waals surface area contributed by atoms with Gasteiger partial charge in [0.15, 0.2) is 0 Å². The fourth-order valence-electron chi connectivity index (χ4n) is 12.0. The van der Waals surface area contributed by atoms with E-state index in [9.17, 15) is 15.8 Å². The molecule has 10 fully saturated rings. The average molecular weight is 392 g/mol. The molecular formula is C27H25N3. The van der Waals surface area contributed by atoms with Crippen molar-refractivity contribution in [3.8, 4) is 18.2 Å². The smallest absolute Gasteiger partial charge is 0.101 e. The maximum Gasteiger partial charge on any atom is 0.101 e. The predicted molar refractivity (Wildman–Crippen MR) is 108 cm³/mol. The first-order chi connectivity index (χ1) is 14.6. The van der Waals surface area contributed by atoms with Gasteiger partial charge in [0.05, 0.1) is 22.8 Å². The monoisotopic (exact) mass is 391 g/mol. The van der Waals surface area contributed by atoms with Crippen LogP contribution in [0.4, 0.5) is 0 Å². The third-order valence-corrected chi connectivity index (χ3v) is 11.8. The third-order valence-electron chi connectivity index (χ3n) is 11.8. The van der Waals surface area contributed by atoms with Gasteiger partial charge >= 0.3 is 0 Å². The second-order valence-electron chi connectivity index (χ2n) is 12.2. The SMILES string of the molecule is N#Cc1cc(C#N)c(C23C[C@@H]4C5CC6[C@H]7CC8C[C@@H]6[C@H]4C(C8)(C2)[C@@H]7[C@H]5C3)cc1C#N. The lowest BCUT2D eigenvalue weighted by atomic mass is 9.20. The molecule has 3 nitrogen and oxygen atoms in total. The molecule has 1 aromatic rings. The van der Waals surface area contributed by atoms with Gasteiger partial charge in [-0.15, -0.1) is 0 Å². The molecule has 0 heterocycles. The van der Waals surface area contributed by atoms with E-state index in [1.807, 2.05) is 6.07 Å². The van der Waals surface area contributed by atoms with Crippen molar-refractivity contribution >= 4 is 0 Å². The van der Waals surface area contributed by atoms with Gasteiger partial charge in [0.2, 0.25) is 0 Å². The van der Waals surface area contributed by atoms with E-state index < -0.39 is 0 Å². The van der Waals surface area contributed by atoms with Crippen LogP contribution in [0.15, 0.2) is 12.1 Å². The maximum absolute atomic E-state index is 10.0. The van der Waals surface area contributed by atoms with Crippen LogP contribution in [0, 0.1) is 92.7 Å². The van der Waals surface area contributed by atoms with Crippen molar-refractivity contribution in [2.24, 2.45) is 58.7 Å². The zero-order chi connectivity index (χ0) is 20.0. The molecule has 0 aromatic heterocycles. The van der Waals surface area contributed by atoms with Gasteiger partial charge in [-0.3, -0.25) is 0 Å². The first-order valence-electron chi connectivity index (χ1n) is 12.0. The van der Waals surface area contributed by atoms with Crippen LogP contribution in [0.2, 0.25) is 0 Å². The van der Waals surface area contributed by atoms with Gasteiger partial charge in [-0.25, -0.2) is 0 Å². The van der Waals surface area contributed by atoms with Crippen LogP contribution in [-0.2, 0) is 5.41 Å². The number of hydrogen-bond acceptors (Lipinski definition) is 3. The van der Waals surface area contributed by atoms with E-state index in [4.69, 9.17) is 0 Å². The summed E-state index contributed by atoms with van der Waals surface area (Å²) in [6, 6.07) is 10.5. The van der Waals surface area contributed by atoms with Crippen molar-refractivity contribution in [2.45, 2.75) is 50.4 Å². The summed E-state index contributed by atoms with van der Waals surface area (Å²) in [4.78, 5) is 0. The first kappa shape index (κ1) is 16.4. The van der Waals surface area contributed by atoms with Crippen molar-refractivity contribution in [1.82, 2.24) is 0 Å². The lowest BCUT2D eigenvalue weighted by molar-refractivity contribution is -0.352. The highest BCUT2D eigenvalue weighted by Crippen LogP contribution is 2.86. The zero-order valence-corrected chi connectivity index (χ0v) is 17.1. The lowest BCUT2D eigenvalue weighted by Gasteiger charge is -2.85. The Labute approximate surface area is 177 Å². The fraction of sp³-hybridized carbons (Fsp3) is 0.667. The molecule has 1 spiro atoms. The fourth-order valence-corrected chi connectivity index (χ4v) is 12.0. The standard InChI is InChI=1S/C27H25N3/c28-9-14-3-16(11-30)23(4-15(14)10-29)26-7-21-18-5-17-19-1-13-2-20(17)25(22(18)8-26)27(6-13,12-26)24(19)21/h3-4,13,17-22,24-25H,1-2,5-8,12H2/t13?,17?,18?,19-,20+,21+,22-,24+,25-,26?,27?. The summed E-state index contributed by atoms with van der Waals surface area (Å²) in [5.74, 6) is 8.57. The summed E-state index contributed by atoms with van der Waals surface area (Å²) < 4.78 is 0. The summed E-state index contributed by atoms with van der Waals surface area (Å²) in [6.45, 7) is 0. The minimum Gasteiger partial charge on any atom is -0.192 e. The van der Waals surface area contributed by atoms with E-state index in [0.717, 1.165) is 58.8 Å². The highest BCUT2D eigenvalue weighted by Gasteiger charge is 2.80. The van der Waals surface area contributed by atoms with E-state index in [0.29, 0.717) is 22.1 Å². The van der Waals surface area contributed by atoms with Crippen LogP contribution in [0.5, 0.6) is 0 Å². The van der Waals surface area contributed by atoms with Gasteiger partial charge in [0.25, 0.3) is 0 Å². The van der Waals surface area contributed by atoms with Crippen molar-refractivity contribution in [3.05, 3.63) is 34.4 Å². The second kappa shape index (κ2) is 4.78. The van der Waals surface area contributed by atoms with Crippen LogP contribution in [-0.4, -0.2) is 0 Å². The van der Waals surface area contributed by atoms with Crippen molar-refractivity contribution in [3.63, 3.8) is 0 Å². The van der Waals surface area contributed by atoms with E-state index in [1.54, 1.807) is 6.07 Å². The van der Waals surface area contributed by atoms with E-state index >= 15 is 0 Å². The summed E-state index contributed by atoms with van der Waals surface area (Å²) in [5.41, 5.74) is 3.22. The summed E-state index contributed by atoms with van der Waals surface area (Å²) in [6.07, 6.45) is 9.71. The Kier molecular flexibility index (Phi) is 2.61. The number of nitriles is 3. The van der Waals surface area contributed by atoms with Crippen LogP contribution in [0.3, 0.4) is 0 Å². The number of rotatable bonds is 1. The van der Waals surface area contributed by atoms with Crippen molar-refractivity contribution in [2.75, 3.05) is 0 Å². The normalized spacial score (nSPS) is 54.2. The van der Waals surface area contributed by atoms with Gasteiger partial charge in [-0.05, 0) is 127 Å².